The molecule has 3 aromatic carbocycles. The number of hydrogen-bond acceptors (Lipinski definition) is 5. The number of aryl methyl sites for hydroxylation is 2. The van der Waals surface area contributed by atoms with Crippen molar-refractivity contribution < 1.29 is 24.0 Å². The van der Waals surface area contributed by atoms with Crippen LogP contribution >= 0.6 is 23.2 Å². The maximum atomic E-state index is 13.1. The molecule has 0 spiro atoms. The summed E-state index contributed by atoms with van der Waals surface area (Å²) in [5.74, 6) is 0.757. The van der Waals surface area contributed by atoms with E-state index in [0.29, 0.717) is 56.9 Å². The number of rotatable bonds is 7. The fourth-order valence-corrected chi connectivity index (χ4v) is 6.30. The van der Waals surface area contributed by atoms with Crippen molar-refractivity contribution in [3.05, 3.63) is 93.3 Å². The summed E-state index contributed by atoms with van der Waals surface area (Å²) in [6, 6.07) is 16.4. The molecule has 7 rings (SSSR count). The second-order valence-electron chi connectivity index (χ2n) is 10.7. The normalized spacial score (nSPS) is 14.8. The molecular weight excluding hydrogens is 577 g/mol. The lowest BCUT2D eigenvalue weighted by molar-refractivity contribution is -0.118. The average Bonchev–Trinajstić information content (AvgIpc) is 3.65. The molecule has 2 aliphatic rings. The molecule has 1 N–H and O–H groups in total. The SMILES string of the molecule is Cn1cc(C(=O)O)c2ccc(N3C(=O)CCc4cc(OCc5c(-c6c(Cl)cccc6Cl)noc5C5CC5)ccc43)cc21. The van der Waals surface area contributed by atoms with Crippen LogP contribution in [-0.2, 0) is 24.9 Å². The summed E-state index contributed by atoms with van der Waals surface area (Å²) in [6.07, 6.45) is 4.58. The molecule has 1 saturated carbocycles. The van der Waals surface area contributed by atoms with Crippen molar-refractivity contribution in [1.82, 2.24) is 9.72 Å². The molecule has 0 saturated heterocycles. The number of aromatic nitrogens is 2. The number of hydrogen-bond donors (Lipinski definition) is 1. The zero-order valence-electron chi connectivity index (χ0n) is 22.6. The van der Waals surface area contributed by atoms with E-state index in [1.54, 1.807) is 53.0 Å². The Bertz CT molecular complexity index is 1890. The second kappa shape index (κ2) is 10.2. The Balaban J connectivity index is 1.19. The molecular formula is C32H25Cl2N3O5. The van der Waals surface area contributed by atoms with Crippen LogP contribution in [0.1, 0.15) is 52.4 Å². The molecule has 1 amide bonds. The highest BCUT2D eigenvalue weighted by Crippen LogP contribution is 2.46. The lowest BCUT2D eigenvalue weighted by atomic mass is 9.99. The molecule has 0 atom stereocenters. The number of ether oxygens (including phenoxy) is 1. The predicted molar refractivity (Wildman–Crippen MR) is 160 cm³/mol. The fraction of sp³-hybridized carbons (Fsp3) is 0.219. The Kier molecular flexibility index (Phi) is 6.48. The predicted octanol–water partition coefficient (Wildman–Crippen LogP) is 7.91. The van der Waals surface area contributed by atoms with E-state index < -0.39 is 5.97 Å². The first-order valence-corrected chi connectivity index (χ1v) is 14.4. The van der Waals surface area contributed by atoms with Crippen LogP contribution in [0.15, 0.2) is 65.3 Å². The van der Waals surface area contributed by atoms with Crippen molar-refractivity contribution in [2.75, 3.05) is 4.90 Å². The molecule has 1 aliphatic heterocycles. The summed E-state index contributed by atoms with van der Waals surface area (Å²) < 4.78 is 13.8. The molecule has 1 aliphatic carbocycles. The number of amides is 1. The first-order valence-electron chi connectivity index (χ1n) is 13.6. The van der Waals surface area contributed by atoms with Gasteiger partial charge < -0.3 is 18.9 Å². The topological polar surface area (TPSA) is 97.8 Å². The quantitative estimate of drug-likeness (QED) is 0.203. The minimum absolute atomic E-state index is 0.0250. The van der Waals surface area contributed by atoms with E-state index >= 15 is 0 Å². The number of aromatic carboxylic acids is 1. The summed E-state index contributed by atoms with van der Waals surface area (Å²) in [7, 11) is 1.80. The van der Waals surface area contributed by atoms with Gasteiger partial charge in [-0.2, -0.15) is 0 Å². The monoisotopic (exact) mass is 601 g/mol. The van der Waals surface area contributed by atoms with Gasteiger partial charge in [0.2, 0.25) is 5.91 Å². The van der Waals surface area contributed by atoms with Crippen molar-refractivity contribution in [1.29, 1.82) is 0 Å². The smallest absolute Gasteiger partial charge is 0.337 e. The van der Waals surface area contributed by atoms with Crippen LogP contribution in [0.25, 0.3) is 22.2 Å². The van der Waals surface area contributed by atoms with Gasteiger partial charge in [-0.05, 0) is 73.4 Å². The van der Waals surface area contributed by atoms with E-state index in [2.05, 4.69) is 5.16 Å². The highest BCUT2D eigenvalue weighted by Gasteiger charge is 2.34. The third-order valence-corrected chi connectivity index (χ3v) is 8.59. The molecule has 5 aromatic rings. The van der Waals surface area contributed by atoms with Crippen LogP contribution < -0.4 is 9.64 Å². The summed E-state index contributed by atoms with van der Waals surface area (Å²) in [4.78, 5) is 26.5. The average molecular weight is 602 g/mol. The van der Waals surface area contributed by atoms with Gasteiger partial charge in [-0.15, -0.1) is 0 Å². The van der Waals surface area contributed by atoms with Crippen LogP contribution in [0.5, 0.6) is 5.75 Å². The van der Waals surface area contributed by atoms with E-state index in [1.807, 2.05) is 24.3 Å². The fourth-order valence-electron chi connectivity index (χ4n) is 5.73. The van der Waals surface area contributed by atoms with Crippen LogP contribution in [0.4, 0.5) is 11.4 Å². The second-order valence-corrected chi connectivity index (χ2v) is 11.5. The summed E-state index contributed by atoms with van der Waals surface area (Å²) in [5, 5.41) is 15.5. The maximum absolute atomic E-state index is 13.1. The Morgan fingerprint density at radius 3 is 2.62 bits per heavy atom. The number of nitrogens with zero attached hydrogens (tertiary/aromatic N) is 3. The van der Waals surface area contributed by atoms with Gasteiger partial charge in [-0.25, -0.2) is 4.79 Å². The number of halogens is 2. The minimum atomic E-state index is -0.988. The van der Waals surface area contributed by atoms with Gasteiger partial charge >= 0.3 is 5.97 Å². The molecule has 0 radical (unpaired) electrons. The molecule has 10 heteroatoms. The van der Waals surface area contributed by atoms with Crippen molar-refractivity contribution in [3.8, 4) is 17.0 Å². The van der Waals surface area contributed by atoms with Gasteiger partial charge in [-0.3, -0.25) is 9.69 Å². The van der Waals surface area contributed by atoms with E-state index in [-0.39, 0.29) is 18.1 Å². The summed E-state index contributed by atoms with van der Waals surface area (Å²) >= 11 is 13.0. The largest absolute Gasteiger partial charge is 0.489 e. The third kappa shape index (κ3) is 4.51. The van der Waals surface area contributed by atoms with Gasteiger partial charge in [0.25, 0.3) is 0 Å². The van der Waals surface area contributed by atoms with Crippen molar-refractivity contribution in [3.63, 3.8) is 0 Å². The molecule has 2 aromatic heterocycles. The zero-order chi connectivity index (χ0) is 29.1. The number of anilines is 2. The number of carbonyl (C=O) groups is 2. The maximum Gasteiger partial charge on any atom is 0.337 e. The summed E-state index contributed by atoms with van der Waals surface area (Å²) in [5.41, 5.74) is 5.44. The lowest BCUT2D eigenvalue weighted by Crippen LogP contribution is -2.30. The Morgan fingerprint density at radius 2 is 1.88 bits per heavy atom. The molecule has 1 fully saturated rings. The molecule has 42 heavy (non-hydrogen) atoms. The highest BCUT2D eigenvalue weighted by molar-refractivity contribution is 6.39. The standard InChI is InChI=1S/C32H25Cl2N3O5/c1-36-15-22(32(39)40)21-10-8-19(14-27(21)36)37-26-11-9-20(13-18(26)7-12-28(37)38)41-16-23-30(35-42-31(23)17-5-6-17)29-24(33)3-2-4-25(29)34/h2-4,8-11,13-15,17H,5-7,12,16H2,1H3,(H,39,40). The van der Waals surface area contributed by atoms with E-state index in [1.165, 1.54) is 0 Å². The first-order chi connectivity index (χ1) is 20.3. The van der Waals surface area contributed by atoms with Gasteiger partial charge in [-0.1, -0.05) is 34.4 Å². The number of carboxylic acid groups (broad SMARTS) is 1. The van der Waals surface area contributed by atoms with Gasteiger partial charge in [0.1, 0.15) is 23.8 Å². The Labute approximate surface area is 251 Å². The number of fused-ring (bicyclic) bond motifs is 2. The summed E-state index contributed by atoms with van der Waals surface area (Å²) in [6.45, 7) is 0.226. The minimum Gasteiger partial charge on any atom is -0.489 e. The van der Waals surface area contributed by atoms with Gasteiger partial charge in [0.15, 0.2) is 0 Å². The molecule has 0 bridgehead atoms. The van der Waals surface area contributed by atoms with Crippen LogP contribution in [0.2, 0.25) is 10.0 Å². The molecule has 8 nitrogen and oxygen atoms in total. The Hall–Kier alpha value is -4.27. The lowest BCUT2D eigenvalue weighted by Gasteiger charge is -2.30. The van der Waals surface area contributed by atoms with Crippen molar-refractivity contribution in [2.24, 2.45) is 7.05 Å². The van der Waals surface area contributed by atoms with Gasteiger partial charge in [0.05, 0.1) is 38.1 Å². The Morgan fingerprint density at radius 1 is 1.10 bits per heavy atom. The number of benzene rings is 3. The van der Waals surface area contributed by atoms with Crippen LogP contribution in [0.3, 0.4) is 0 Å². The highest BCUT2D eigenvalue weighted by atomic mass is 35.5. The zero-order valence-corrected chi connectivity index (χ0v) is 24.1. The van der Waals surface area contributed by atoms with Crippen LogP contribution in [0, 0.1) is 0 Å². The van der Waals surface area contributed by atoms with E-state index in [0.717, 1.165) is 40.9 Å². The van der Waals surface area contributed by atoms with E-state index in [9.17, 15) is 14.7 Å². The molecule has 212 valence electrons. The number of carboxylic acids is 1. The van der Waals surface area contributed by atoms with Crippen LogP contribution in [-0.4, -0.2) is 26.7 Å². The van der Waals surface area contributed by atoms with Crippen molar-refractivity contribution >= 4 is 57.4 Å². The molecule has 3 heterocycles. The third-order valence-electron chi connectivity index (χ3n) is 7.96. The van der Waals surface area contributed by atoms with Crippen molar-refractivity contribution in [2.45, 2.75) is 38.2 Å². The van der Waals surface area contributed by atoms with E-state index in [4.69, 9.17) is 32.5 Å². The first kappa shape index (κ1) is 26.6. The molecule has 0 unspecified atom stereocenters. The van der Waals surface area contributed by atoms with Gasteiger partial charge in [0, 0.05) is 36.5 Å². The number of carbonyl (C=O) groups excluding carboxylic acids is 1.